The molecule has 0 amide bonds. The zero-order valence-corrected chi connectivity index (χ0v) is 10.4. The maximum atomic E-state index is 12.2. The smallest absolute Gasteiger partial charge is 0.387 e. The molecule has 0 fully saturated rings. The SMILES string of the molecule is Cc1c(NCc2cccnc2)cccc1OC(F)F. The molecule has 5 heteroatoms. The quantitative estimate of drug-likeness (QED) is 0.895. The number of nitrogens with one attached hydrogen (secondary N) is 1. The van der Waals surface area contributed by atoms with E-state index in [2.05, 4.69) is 15.0 Å². The van der Waals surface area contributed by atoms with Crippen LogP contribution in [0.5, 0.6) is 5.75 Å². The van der Waals surface area contributed by atoms with Gasteiger partial charge in [0, 0.05) is 30.2 Å². The second-order valence-corrected chi connectivity index (χ2v) is 4.02. The van der Waals surface area contributed by atoms with E-state index < -0.39 is 6.61 Å². The summed E-state index contributed by atoms with van der Waals surface area (Å²) < 4.78 is 28.9. The van der Waals surface area contributed by atoms with Gasteiger partial charge in [-0.2, -0.15) is 8.78 Å². The topological polar surface area (TPSA) is 34.2 Å². The Morgan fingerprint density at radius 2 is 2.11 bits per heavy atom. The molecule has 19 heavy (non-hydrogen) atoms. The van der Waals surface area contributed by atoms with Crippen molar-refractivity contribution in [2.24, 2.45) is 0 Å². The number of hydrogen-bond acceptors (Lipinski definition) is 3. The molecule has 0 aliphatic rings. The van der Waals surface area contributed by atoms with Gasteiger partial charge in [-0.3, -0.25) is 4.98 Å². The van der Waals surface area contributed by atoms with Gasteiger partial charge < -0.3 is 10.1 Å². The first-order valence-corrected chi connectivity index (χ1v) is 5.84. The molecule has 2 rings (SSSR count). The first-order valence-electron chi connectivity index (χ1n) is 5.84. The third-order valence-electron chi connectivity index (χ3n) is 2.71. The normalized spacial score (nSPS) is 10.5. The van der Waals surface area contributed by atoms with Gasteiger partial charge in [-0.1, -0.05) is 12.1 Å². The fourth-order valence-corrected chi connectivity index (χ4v) is 1.73. The van der Waals surface area contributed by atoms with Crippen molar-refractivity contribution in [2.45, 2.75) is 20.1 Å². The zero-order valence-electron chi connectivity index (χ0n) is 10.4. The van der Waals surface area contributed by atoms with E-state index in [0.717, 1.165) is 11.3 Å². The van der Waals surface area contributed by atoms with Crippen molar-refractivity contribution in [2.75, 3.05) is 5.32 Å². The first-order chi connectivity index (χ1) is 9.16. The number of nitrogens with zero attached hydrogens (tertiary/aromatic N) is 1. The highest BCUT2D eigenvalue weighted by molar-refractivity contribution is 5.56. The second-order valence-electron chi connectivity index (χ2n) is 4.02. The lowest BCUT2D eigenvalue weighted by atomic mass is 10.1. The maximum Gasteiger partial charge on any atom is 0.387 e. The molecular weight excluding hydrogens is 250 g/mol. The van der Waals surface area contributed by atoms with E-state index in [9.17, 15) is 8.78 Å². The zero-order chi connectivity index (χ0) is 13.7. The molecule has 0 atom stereocenters. The molecule has 0 bridgehead atoms. The summed E-state index contributed by atoms with van der Waals surface area (Å²) in [7, 11) is 0. The largest absolute Gasteiger partial charge is 0.434 e. The Morgan fingerprint density at radius 3 is 2.79 bits per heavy atom. The molecule has 0 saturated heterocycles. The third kappa shape index (κ3) is 3.64. The van der Waals surface area contributed by atoms with Crippen LogP contribution >= 0.6 is 0 Å². The van der Waals surface area contributed by atoms with Gasteiger partial charge in [0.25, 0.3) is 0 Å². The summed E-state index contributed by atoms with van der Waals surface area (Å²) in [6, 6.07) is 8.81. The summed E-state index contributed by atoms with van der Waals surface area (Å²) in [4.78, 5) is 4.01. The number of anilines is 1. The summed E-state index contributed by atoms with van der Waals surface area (Å²) >= 11 is 0. The minimum Gasteiger partial charge on any atom is -0.434 e. The summed E-state index contributed by atoms with van der Waals surface area (Å²) in [5.41, 5.74) is 2.44. The Hall–Kier alpha value is -2.17. The number of rotatable bonds is 5. The van der Waals surface area contributed by atoms with E-state index in [4.69, 9.17) is 0 Å². The van der Waals surface area contributed by atoms with Crippen molar-refractivity contribution in [1.82, 2.24) is 4.98 Å². The Labute approximate surface area is 110 Å². The molecule has 3 nitrogen and oxygen atoms in total. The van der Waals surface area contributed by atoms with Gasteiger partial charge in [0.15, 0.2) is 0 Å². The van der Waals surface area contributed by atoms with E-state index in [1.54, 1.807) is 25.4 Å². The molecular formula is C14H14F2N2O. The van der Waals surface area contributed by atoms with Gasteiger partial charge in [-0.15, -0.1) is 0 Å². The van der Waals surface area contributed by atoms with Crippen molar-refractivity contribution >= 4 is 5.69 Å². The molecule has 1 N–H and O–H groups in total. The summed E-state index contributed by atoms with van der Waals surface area (Å²) in [5, 5.41) is 3.18. The predicted molar refractivity (Wildman–Crippen MR) is 69.4 cm³/mol. The molecule has 0 aliphatic heterocycles. The molecule has 1 aromatic heterocycles. The van der Waals surface area contributed by atoms with Crippen molar-refractivity contribution in [3.8, 4) is 5.75 Å². The lowest BCUT2D eigenvalue weighted by Gasteiger charge is -2.13. The second kappa shape index (κ2) is 6.13. The summed E-state index contributed by atoms with van der Waals surface area (Å²) in [6.45, 7) is -0.497. The Kier molecular flexibility index (Phi) is 4.28. The van der Waals surface area contributed by atoms with Crippen molar-refractivity contribution < 1.29 is 13.5 Å². The predicted octanol–water partition coefficient (Wildman–Crippen LogP) is 3.60. The van der Waals surface area contributed by atoms with Gasteiger partial charge in [-0.25, -0.2) is 0 Å². The molecule has 0 radical (unpaired) electrons. The fourth-order valence-electron chi connectivity index (χ4n) is 1.73. The maximum absolute atomic E-state index is 12.2. The number of ether oxygens (including phenoxy) is 1. The van der Waals surface area contributed by atoms with Crippen LogP contribution in [0.25, 0.3) is 0 Å². The van der Waals surface area contributed by atoms with Crippen molar-refractivity contribution in [3.63, 3.8) is 0 Å². The van der Waals surface area contributed by atoms with Crippen LogP contribution in [0.4, 0.5) is 14.5 Å². The van der Waals surface area contributed by atoms with E-state index in [1.165, 1.54) is 6.07 Å². The van der Waals surface area contributed by atoms with E-state index in [-0.39, 0.29) is 5.75 Å². The van der Waals surface area contributed by atoms with E-state index in [1.807, 2.05) is 18.2 Å². The van der Waals surface area contributed by atoms with Gasteiger partial charge in [0.1, 0.15) is 5.75 Å². The van der Waals surface area contributed by atoms with Gasteiger partial charge >= 0.3 is 6.61 Å². The number of halogens is 2. The minimum atomic E-state index is -2.81. The average molecular weight is 264 g/mol. The van der Waals surface area contributed by atoms with E-state index in [0.29, 0.717) is 12.1 Å². The average Bonchev–Trinajstić information content (AvgIpc) is 2.40. The molecule has 0 saturated carbocycles. The molecule has 100 valence electrons. The molecule has 1 heterocycles. The molecule has 2 aromatic rings. The Balaban J connectivity index is 2.08. The van der Waals surface area contributed by atoms with Crippen molar-refractivity contribution in [1.29, 1.82) is 0 Å². The highest BCUT2D eigenvalue weighted by Gasteiger charge is 2.09. The van der Waals surface area contributed by atoms with Gasteiger partial charge in [-0.05, 0) is 30.7 Å². The summed E-state index contributed by atoms with van der Waals surface area (Å²) in [5.74, 6) is 0.186. The van der Waals surface area contributed by atoms with E-state index >= 15 is 0 Å². The van der Waals surface area contributed by atoms with Crippen LogP contribution in [0.1, 0.15) is 11.1 Å². The highest BCUT2D eigenvalue weighted by atomic mass is 19.3. The monoisotopic (exact) mass is 264 g/mol. The van der Waals surface area contributed by atoms with Gasteiger partial charge in [0.2, 0.25) is 0 Å². The number of benzene rings is 1. The third-order valence-corrected chi connectivity index (χ3v) is 2.71. The van der Waals surface area contributed by atoms with Crippen molar-refractivity contribution in [3.05, 3.63) is 53.9 Å². The van der Waals surface area contributed by atoms with Crippen LogP contribution in [0.15, 0.2) is 42.7 Å². The number of hydrogen-bond donors (Lipinski definition) is 1. The molecule has 0 aliphatic carbocycles. The van der Waals surface area contributed by atoms with Crippen LogP contribution in [0.3, 0.4) is 0 Å². The number of alkyl halides is 2. The summed E-state index contributed by atoms with van der Waals surface area (Å²) in [6.07, 6.45) is 3.45. The molecule has 0 unspecified atom stereocenters. The Bertz CT molecular complexity index is 532. The number of aromatic nitrogens is 1. The van der Waals surface area contributed by atoms with Crippen LogP contribution in [-0.2, 0) is 6.54 Å². The first kappa shape index (κ1) is 13.3. The van der Waals surface area contributed by atoms with Gasteiger partial charge in [0.05, 0.1) is 0 Å². The molecule has 1 aromatic carbocycles. The van der Waals surface area contributed by atoms with Crippen LogP contribution in [0.2, 0.25) is 0 Å². The Morgan fingerprint density at radius 1 is 1.26 bits per heavy atom. The lowest BCUT2D eigenvalue weighted by Crippen LogP contribution is -2.06. The highest BCUT2D eigenvalue weighted by Crippen LogP contribution is 2.27. The fraction of sp³-hybridized carbons (Fsp3) is 0.214. The van der Waals surface area contributed by atoms with Crippen LogP contribution in [0, 0.1) is 6.92 Å². The molecule has 0 spiro atoms. The standard InChI is InChI=1S/C14H14F2N2O/c1-10-12(5-2-6-13(10)19-14(15)16)18-9-11-4-3-7-17-8-11/h2-8,14,18H,9H2,1H3. The number of pyridine rings is 1. The minimum absolute atomic E-state index is 0.186. The van der Waals surface area contributed by atoms with Crippen LogP contribution in [-0.4, -0.2) is 11.6 Å². The van der Waals surface area contributed by atoms with Crippen LogP contribution < -0.4 is 10.1 Å². The lowest BCUT2D eigenvalue weighted by molar-refractivity contribution is -0.0502.